The van der Waals surface area contributed by atoms with E-state index in [4.69, 9.17) is 0 Å². The molecule has 1 rings (SSSR count). The molecule has 1 aromatic rings. The van der Waals surface area contributed by atoms with Gasteiger partial charge in [-0.15, -0.1) is 0 Å². The van der Waals surface area contributed by atoms with Crippen molar-refractivity contribution in [3.05, 3.63) is 35.6 Å². The molecule has 0 atom stereocenters. The molecular formula is C14H19F4N3O. The molecule has 0 fully saturated rings. The number of benzene rings is 1. The number of nitrogens with zero attached hydrogens (tertiary/aromatic N) is 1. The van der Waals surface area contributed by atoms with E-state index in [0.29, 0.717) is 24.5 Å². The Labute approximate surface area is 126 Å². The molecule has 1 aromatic carbocycles. The summed E-state index contributed by atoms with van der Waals surface area (Å²) in [6.45, 7) is -0.588. The molecule has 4 nitrogen and oxygen atoms in total. The molecule has 124 valence electrons. The second-order valence-electron chi connectivity index (χ2n) is 4.47. The number of nitrogens with one attached hydrogen (secondary N) is 2. The van der Waals surface area contributed by atoms with Crippen LogP contribution >= 0.6 is 0 Å². The van der Waals surface area contributed by atoms with Crippen molar-refractivity contribution in [3.8, 4) is 0 Å². The van der Waals surface area contributed by atoms with Crippen LogP contribution in [0.2, 0.25) is 0 Å². The molecule has 0 aliphatic carbocycles. The lowest BCUT2D eigenvalue weighted by Crippen LogP contribution is -2.37. The van der Waals surface area contributed by atoms with Crippen LogP contribution < -0.4 is 10.6 Å². The lowest BCUT2D eigenvalue weighted by atomic mass is 10.2. The van der Waals surface area contributed by atoms with Gasteiger partial charge in [0, 0.05) is 32.3 Å². The number of alkyl halides is 3. The minimum absolute atomic E-state index is 0.00316. The maximum absolute atomic E-state index is 13.4. The first-order valence-electron chi connectivity index (χ1n) is 6.75. The van der Waals surface area contributed by atoms with Crippen LogP contribution in [0.25, 0.3) is 0 Å². The zero-order valence-corrected chi connectivity index (χ0v) is 12.2. The largest absolute Gasteiger partial charge is 0.411 e. The lowest BCUT2D eigenvalue weighted by Gasteiger charge is -2.12. The molecule has 0 saturated carbocycles. The Balaban J connectivity index is 2.19. The van der Waals surface area contributed by atoms with Gasteiger partial charge < -0.3 is 15.4 Å². The molecule has 0 saturated heterocycles. The van der Waals surface area contributed by atoms with Gasteiger partial charge in [-0.2, -0.15) is 13.2 Å². The maximum atomic E-state index is 13.4. The van der Waals surface area contributed by atoms with E-state index < -0.39 is 12.8 Å². The second kappa shape index (κ2) is 9.24. The number of hydrogen-bond donors (Lipinski definition) is 2. The van der Waals surface area contributed by atoms with Crippen molar-refractivity contribution < 1.29 is 22.3 Å². The fraction of sp³-hybridized carbons (Fsp3) is 0.500. The van der Waals surface area contributed by atoms with Gasteiger partial charge >= 0.3 is 6.18 Å². The summed E-state index contributed by atoms with van der Waals surface area (Å²) in [5.41, 5.74) is 0.499. The van der Waals surface area contributed by atoms with Crippen LogP contribution in [0.4, 0.5) is 17.6 Å². The van der Waals surface area contributed by atoms with Crippen LogP contribution in [0.5, 0.6) is 0 Å². The number of ether oxygens (including phenoxy) is 1. The van der Waals surface area contributed by atoms with E-state index in [1.807, 2.05) is 0 Å². The highest BCUT2D eigenvalue weighted by atomic mass is 19.4. The Morgan fingerprint density at radius 2 is 1.95 bits per heavy atom. The second-order valence-corrected chi connectivity index (χ2v) is 4.47. The van der Waals surface area contributed by atoms with Gasteiger partial charge in [-0.1, -0.05) is 18.2 Å². The van der Waals surface area contributed by atoms with Crippen LogP contribution in [0.15, 0.2) is 29.3 Å². The summed E-state index contributed by atoms with van der Waals surface area (Å²) in [4.78, 5) is 3.94. The summed E-state index contributed by atoms with van der Waals surface area (Å²) in [6, 6.07) is 6.35. The number of hydrogen-bond acceptors (Lipinski definition) is 2. The fourth-order valence-electron chi connectivity index (χ4n) is 1.61. The predicted octanol–water partition coefficient (Wildman–Crippen LogP) is 2.46. The van der Waals surface area contributed by atoms with Gasteiger partial charge in [0.25, 0.3) is 0 Å². The zero-order chi connectivity index (χ0) is 16.4. The summed E-state index contributed by atoms with van der Waals surface area (Å²) in [6.07, 6.45) is -3.90. The van der Waals surface area contributed by atoms with E-state index in [9.17, 15) is 17.6 Å². The van der Waals surface area contributed by atoms with E-state index in [1.165, 1.54) is 6.07 Å². The molecule has 8 heteroatoms. The third-order valence-corrected chi connectivity index (χ3v) is 2.65. The Hall–Kier alpha value is -1.83. The topological polar surface area (TPSA) is 45.7 Å². The van der Waals surface area contributed by atoms with E-state index in [2.05, 4.69) is 20.4 Å². The van der Waals surface area contributed by atoms with Crippen LogP contribution in [-0.4, -0.2) is 38.9 Å². The summed E-state index contributed by atoms with van der Waals surface area (Å²) < 4.78 is 53.4. The van der Waals surface area contributed by atoms with Gasteiger partial charge in [-0.25, -0.2) is 4.39 Å². The minimum Gasteiger partial charge on any atom is -0.372 e. The highest BCUT2D eigenvalue weighted by Gasteiger charge is 2.27. The molecule has 22 heavy (non-hydrogen) atoms. The van der Waals surface area contributed by atoms with E-state index in [1.54, 1.807) is 25.2 Å². The van der Waals surface area contributed by atoms with Crippen molar-refractivity contribution in [2.75, 3.05) is 26.8 Å². The summed E-state index contributed by atoms with van der Waals surface area (Å²) in [7, 11) is 1.55. The van der Waals surface area contributed by atoms with Gasteiger partial charge in [-0.05, 0) is 12.5 Å². The van der Waals surface area contributed by atoms with Crippen LogP contribution in [0.1, 0.15) is 12.0 Å². The highest BCUT2D eigenvalue weighted by molar-refractivity contribution is 5.79. The number of aliphatic imine (C=N–C) groups is 1. The summed E-state index contributed by atoms with van der Waals surface area (Å²) in [5.74, 6) is 0.130. The van der Waals surface area contributed by atoms with E-state index in [0.717, 1.165) is 0 Å². The fourth-order valence-corrected chi connectivity index (χ4v) is 1.61. The van der Waals surface area contributed by atoms with Crippen LogP contribution in [0, 0.1) is 5.82 Å². The lowest BCUT2D eigenvalue weighted by molar-refractivity contribution is -0.173. The smallest absolute Gasteiger partial charge is 0.372 e. The van der Waals surface area contributed by atoms with E-state index in [-0.39, 0.29) is 19.0 Å². The van der Waals surface area contributed by atoms with Crippen LogP contribution in [0.3, 0.4) is 0 Å². The Morgan fingerprint density at radius 1 is 1.23 bits per heavy atom. The number of rotatable bonds is 7. The van der Waals surface area contributed by atoms with Crippen molar-refractivity contribution in [2.45, 2.75) is 19.1 Å². The summed E-state index contributed by atoms with van der Waals surface area (Å²) >= 11 is 0. The first-order chi connectivity index (χ1) is 10.4. The molecule has 0 aliphatic heterocycles. The van der Waals surface area contributed by atoms with Crippen LogP contribution in [-0.2, 0) is 11.3 Å². The molecular weight excluding hydrogens is 302 g/mol. The number of guanidine groups is 1. The monoisotopic (exact) mass is 321 g/mol. The Bertz CT molecular complexity index is 477. The van der Waals surface area contributed by atoms with Crippen molar-refractivity contribution in [3.63, 3.8) is 0 Å². The molecule has 0 amide bonds. The average Bonchev–Trinajstić information content (AvgIpc) is 2.46. The van der Waals surface area contributed by atoms with Crippen molar-refractivity contribution in [2.24, 2.45) is 4.99 Å². The molecule has 0 unspecified atom stereocenters. The number of halogens is 4. The van der Waals surface area contributed by atoms with Gasteiger partial charge in [0.15, 0.2) is 5.96 Å². The SMILES string of the molecule is CN=C(NCCCOCC(F)(F)F)NCc1ccccc1F. The molecule has 0 aliphatic rings. The minimum atomic E-state index is -4.30. The van der Waals surface area contributed by atoms with Crippen molar-refractivity contribution in [1.82, 2.24) is 10.6 Å². The third kappa shape index (κ3) is 7.82. The zero-order valence-electron chi connectivity index (χ0n) is 12.2. The molecule has 0 radical (unpaired) electrons. The molecule has 0 bridgehead atoms. The summed E-state index contributed by atoms with van der Waals surface area (Å²) in [5, 5.41) is 5.83. The third-order valence-electron chi connectivity index (χ3n) is 2.65. The quantitative estimate of drug-likeness (QED) is 0.351. The highest BCUT2D eigenvalue weighted by Crippen LogP contribution is 2.14. The average molecular weight is 321 g/mol. The molecule has 2 N–H and O–H groups in total. The Morgan fingerprint density at radius 3 is 2.59 bits per heavy atom. The molecule has 0 heterocycles. The van der Waals surface area contributed by atoms with Gasteiger partial charge in [0.1, 0.15) is 12.4 Å². The maximum Gasteiger partial charge on any atom is 0.411 e. The Kier molecular flexibility index (Phi) is 7.65. The normalized spacial score (nSPS) is 12.3. The molecule has 0 aromatic heterocycles. The van der Waals surface area contributed by atoms with Gasteiger partial charge in [0.2, 0.25) is 0 Å². The van der Waals surface area contributed by atoms with Crippen molar-refractivity contribution >= 4 is 5.96 Å². The first-order valence-corrected chi connectivity index (χ1v) is 6.75. The predicted molar refractivity (Wildman–Crippen MR) is 76.1 cm³/mol. The van der Waals surface area contributed by atoms with Gasteiger partial charge in [0.05, 0.1) is 0 Å². The van der Waals surface area contributed by atoms with Crippen molar-refractivity contribution in [1.29, 1.82) is 0 Å². The first kappa shape index (κ1) is 18.2. The van der Waals surface area contributed by atoms with Gasteiger partial charge in [-0.3, -0.25) is 4.99 Å². The van der Waals surface area contributed by atoms with E-state index >= 15 is 0 Å². The molecule has 0 spiro atoms. The standard InChI is InChI=1S/C14H19F4N3O/c1-19-13(20-7-4-8-22-10-14(16,17)18)21-9-11-5-2-3-6-12(11)15/h2-3,5-6H,4,7-10H2,1H3,(H2,19,20,21).